The Balaban J connectivity index is 1.88. The Kier molecular flexibility index (Phi) is 4.39. The largest absolute Gasteiger partial charge is 0.463 e. The molecule has 1 aliphatic rings. The summed E-state index contributed by atoms with van der Waals surface area (Å²) < 4.78 is 31.4. The molecule has 0 aliphatic carbocycles. The summed E-state index contributed by atoms with van der Waals surface area (Å²) >= 11 is 5.86. The van der Waals surface area contributed by atoms with Crippen LogP contribution in [0, 0.1) is 0 Å². The van der Waals surface area contributed by atoms with Crippen LogP contribution in [-0.2, 0) is 10.0 Å². The van der Waals surface area contributed by atoms with E-state index in [4.69, 9.17) is 16.3 Å². The highest BCUT2D eigenvalue weighted by Crippen LogP contribution is 2.40. The zero-order valence-corrected chi connectivity index (χ0v) is 14.6. The van der Waals surface area contributed by atoms with Crippen molar-refractivity contribution >= 4 is 33.4 Å². The highest BCUT2D eigenvalue weighted by atomic mass is 35.5. The van der Waals surface area contributed by atoms with Crippen LogP contribution in [-0.4, -0.2) is 20.9 Å². The van der Waals surface area contributed by atoms with Crippen LogP contribution in [0.2, 0.25) is 5.02 Å². The van der Waals surface area contributed by atoms with Gasteiger partial charge in [-0.05, 0) is 29.8 Å². The molecule has 24 heavy (non-hydrogen) atoms. The lowest BCUT2D eigenvalue weighted by atomic mass is 10.1. The van der Waals surface area contributed by atoms with Gasteiger partial charge in [0.15, 0.2) is 0 Å². The standard InChI is InChI=1S/C18H16ClNO3S/c1-13(7-8-14-9-11-15(19)12-10-14)18-20(24(2,21)22)16-5-3-4-6-17(16)23-18/h3-12,18H,1H2,2H3/b8-7+. The van der Waals surface area contributed by atoms with Crippen LogP contribution in [0.15, 0.2) is 66.8 Å². The molecule has 0 radical (unpaired) electrons. The number of sulfonamides is 1. The molecular formula is C18H16ClNO3S. The number of halogens is 1. The number of nitrogens with zero attached hydrogens (tertiary/aromatic N) is 1. The lowest BCUT2D eigenvalue weighted by Gasteiger charge is -2.23. The van der Waals surface area contributed by atoms with Crippen molar-refractivity contribution in [1.82, 2.24) is 0 Å². The van der Waals surface area contributed by atoms with E-state index in [0.717, 1.165) is 11.8 Å². The van der Waals surface area contributed by atoms with E-state index in [2.05, 4.69) is 6.58 Å². The predicted octanol–water partition coefficient (Wildman–Crippen LogP) is 4.09. The number of hydrogen-bond acceptors (Lipinski definition) is 3. The fourth-order valence-corrected chi connectivity index (χ4v) is 3.63. The summed E-state index contributed by atoms with van der Waals surface area (Å²) in [7, 11) is -3.50. The summed E-state index contributed by atoms with van der Waals surface area (Å²) in [5.74, 6) is 0.522. The maximum atomic E-state index is 12.2. The minimum atomic E-state index is -3.50. The predicted molar refractivity (Wildman–Crippen MR) is 97.8 cm³/mol. The highest BCUT2D eigenvalue weighted by Gasteiger charge is 2.37. The van der Waals surface area contributed by atoms with Crippen molar-refractivity contribution in [3.63, 3.8) is 0 Å². The van der Waals surface area contributed by atoms with Gasteiger partial charge in [-0.3, -0.25) is 0 Å². The second kappa shape index (κ2) is 6.34. The van der Waals surface area contributed by atoms with E-state index in [1.54, 1.807) is 42.5 Å². The van der Waals surface area contributed by atoms with Crippen LogP contribution < -0.4 is 9.04 Å². The van der Waals surface area contributed by atoms with Gasteiger partial charge in [0.1, 0.15) is 5.75 Å². The second-order valence-electron chi connectivity index (χ2n) is 5.46. The zero-order valence-electron chi connectivity index (χ0n) is 13.0. The molecule has 1 unspecified atom stereocenters. The van der Waals surface area contributed by atoms with E-state index >= 15 is 0 Å². The van der Waals surface area contributed by atoms with Crippen molar-refractivity contribution in [3.8, 4) is 5.75 Å². The lowest BCUT2D eigenvalue weighted by Crippen LogP contribution is -2.39. The van der Waals surface area contributed by atoms with E-state index < -0.39 is 16.3 Å². The number of fused-ring (bicyclic) bond motifs is 1. The van der Waals surface area contributed by atoms with Crippen molar-refractivity contribution < 1.29 is 13.2 Å². The SMILES string of the molecule is C=C(/C=C/c1ccc(Cl)cc1)C1Oc2ccccc2N1S(C)(=O)=O. The number of hydrogen-bond donors (Lipinski definition) is 0. The van der Waals surface area contributed by atoms with Gasteiger partial charge in [0.2, 0.25) is 16.3 Å². The third kappa shape index (κ3) is 3.32. The van der Waals surface area contributed by atoms with Crippen molar-refractivity contribution in [2.24, 2.45) is 0 Å². The molecule has 124 valence electrons. The molecule has 0 N–H and O–H groups in total. The summed E-state index contributed by atoms with van der Waals surface area (Å²) in [6.45, 7) is 3.97. The molecular weight excluding hydrogens is 346 g/mol. The average molecular weight is 362 g/mol. The molecule has 1 aliphatic heterocycles. The molecule has 0 bridgehead atoms. The first-order chi connectivity index (χ1) is 11.4. The van der Waals surface area contributed by atoms with Crippen molar-refractivity contribution in [2.45, 2.75) is 6.23 Å². The van der Waals surface area contributed by atoms with Gasteiger partial charge in [0.05, 0.1) is 11.9 Å². The minimum Gasteiger partial charge on any atom is -0.463 e. The van der Waals surface area contributed by atoms with Gasteiger partial charge < -0.3 is 4.74 Å². The molecule has 2 aromatic carbocycles. The van der Waals surface area contributed by atoms with E-state index in [9.17, 15) is 8.42 Å². The van der Waals surface area contributed by atoms with Gasteiger partial charge in [-0.1, -0.05) is 54.6 Å². The highest BCUT2D eigenvalue weighted by molar-refractivity contribution is 7.92. The van der Waals surface area contributed by atoms with Crippen molar-refractivity contribution in [2.75, 3.05) is 10.6 Å². The minimum absolute atomic E-state index is 0.519. The monoisotopic (exact) mass is 361 g/mol. The van der Waals surface area contributed by atoms with Gasteiger partial charge in [-0.15, -0.1) is 0 Å². The molecule has 1 heterocycles. The molecule has 0 amide bonds. The lowest BCUT2D eigenvalue weighted by molar-refractivity contribution is 0.280. The second-order valence-corrected chi connectivity index (χ2v) is 7.75. The van der Waals surface area contributed by atoms with Crippen LogP contribution in [0.1, 0.15) is 5.56 Å². The molecule has 0 saturated carbocycles. The topological polar surface area (TPSA) is 46.6 Å². The fourth-order valence-electron chi connectivity index (χ4n) is 2.47. The molecule has 2 aromatic rings. The van der Waals surface area contributed by atoms with Crippen molar-refractivity contribution in [1.29, 1.82) is 0 Å². The maximum absolute atomic E-state index is 12.2. The molecule has 6 heteroatoms. The molecule has 0 saturated heterocycles. The Morgan fingerprint density at radius 3 is 2.54 bits per heavy atom. The Morgan fingerprint density at radius 1 is 1.21 bits per heavy atom. The van der Waals surface area contributed by atoms with Crippen LogP contribution in [0.5, 0.6) is 5.75 Å². The smallest absolute Gasteiger partial charge is 0.235 e. The third-order valence-electron chi connectivity index (χ3n) is 3.59. The Hall–Kier alpha value is -2.24. The Labute approximate surface area is 146 Å². The average Bonchev–Trinajstić information content (AvgIpc) is 2.93. The number of para-hydroxylation sites is 2. The summed E-state index contributed by atoms with van der Waals surface area (Å²) in [4.78, 5) is 0. The molecule has 1 atom stereocenters. The molecule has 4 nitrogen and oxygen atoms in total. The van der Waals surface area contributed by atoms with Gasteiger partial charge in [0, 0.05) is 10.6 Å². The van der Waals surface area contributed by atoms with E-state index in [1.807, 2.05) is 18.2 Å². The third-order valence-corrected chi connectivity index (χ3v) is 4.94. The van der Waals surface area contributed by atoms with E-state index in [1.165, 1.54) is 4.31 Å². The fraction of sp³-hybridized carbons (Fsp3) is 0.111. The molecule has 0 spiro atoms. The summed E-state index contributed by atoms with van der Waals surface area (Å²) in [5, 5.41) is 0.656. The summed E-state index contributed by atoms with van der Waals surface area (Å²) in [5.41, 5.74) is 1.99. The normalized spacial score (nSPS) is 16.9. The van der Waals surface area contributed by atoms with Gasteiger partial charge in [-0.2, -0.15) is 0 Å². The maximum Gasteiger partial charge on any atom is 0.235 e. The van der Waals surface area contributed by atoms with E-state index in [-0.39, 0.29) is 0 Å². The summed E-state index contributed by atoms with van der Waals surface area (Å²) in [6, 6.07) is 14.3. The number of rotatable bonds is 4. The van der Waals surface area contributed by atoms with Gasteiger partial charge in [0.25, 0.3) is 0 Å². The quantitative estimate of drug-likeness (QED) is 0.770. The molecule has 0 fully saturated rings. The van der Waals surface area contributed by atoms with Crippen LogP contribution in [0.25, 0.3) is 6.08 Å². The Bertz CT molecular complexity index is 904. The summed E-state index contributed by atoms with van der Waals surface area (Å²) in [6.07, 6.45) is 3.95. The zero-order chi connectivity index (χ0) is 17.3. The van der Waals surface area contributed by atoms with Crippen molar-refractivity contribution in [3.05, 3.63) is 77.3 Å². The van der Waals surface area contributed by atoms with Crippen LogP contribution in [0.3, 0.4) is 0 Å². The molecule has 3 rings (SSSR count). The van der Waals surface area contributed by atoms with Crippen LogP contribution in [0.4, 0.5) is 5.69 Å². The number of ether oxygens (including phenoxy) is 1. The first-order valence-electron chi connectivity index (χ1n) is 7.24. The van der Waals surface area contributed by atoms with E-state index in [0.29, 0.717) is 22.0 Å². The van der Waals surface area contributed by atoms with Gasteiger partial charge in [-0.25, -0.2) is 12.7 Å². The van der Waals surface area contributed by atoms with Gasteiger partial charge >= 0.3 is 0 Å². The van der Waals surface area contributed by atoms with Crippen LogP contribution >= 0.6 is 11.6 Å². The Morgan fingerprint density at radius 2 is 1.88 bits per heavy atom. The number of benzene rings is 2. The first-order valence-corrected chi connectivity index (χ1v) is 9.46. The first kappa shape index (κ1) is 16.6. The molecule has 0 aromatic heterocycles. The number of anilines is 1.